The minimum Gasteiger partial charge on any atom is -0.479 e. The molecule has 0 radical (unpaired) electrons. The zero-order valence-electron chi connectivity index (χ0n) is 8.46. The Morgan fingerprint density at radius 1 is 1.38 bits per heavy atom. The zero-order chi connectivity index (χ0) is 12.3. The Morgan fingerprint density at radius 3 is 2.44 bits per heavy atom. The van der Waals surface area contributed by atoms with Crippen LogP contribution in [0.25, 0.3) is 0 Å². The highest BCUT2D eigenvalue weighted by molar-refractivity contribution is 6.30. The zero-order valence-corrected chi connectivity index (χ0v) is 9.22. The second kappa shape index (κ2) is 4.93. The molecule has 6 heteroatoms. The van der Waals surface area contributed by atoms with Crippen LogP contribution >= 0.6 is 11.6 Å². The van der Waals surface area contributed by atoms with Gasteiger partial charge in [0, 0.05) is 11.1 Å². The third-order valence-electron chi connectivity index (χ3n) is 1.86. The van der Waals surface area contributed by atoms with Crippen LogP contribution < -0.4 is 10.5 Å². The smallest absolute Gasteiger partial charge is 0.426 e. The number of ether oxygens (including phenoxy) is 1. The van der Waals surface area contributed by atoms with Crippen LogP contribution in [0.2, 0.25) is 5.02 Å². The van der Waals surface area contributed by atoms with E-state index in [0.717, 1.165) is 0 Å². The van der Waals surface area contributed by atoms with Crippen LogP contribution in [0.1, 0.15) is 6.92 Å². The molecule has 0 aliphatic rings. The summed E-state index contributed by atoms with van der Waals surface area (Å²) in [5, 5.41) is 0.308. The summed E-state index contributed by atoms with van der Waals surface area (Å²) < 4.78 is 42.3. The van der Waals surface area contributed by atoms with E-state index in [0.29, 0.717) is 5.02 Å². The predicted octanol–water partition coefficient (Wildman–Crippen LogP) is 3.00. The normalized spacial score (nSPS) is 15.6. The molecule has 1 aromatic carbocycles. The first-order valence-corrected chi connectivity index (χ1v) is 4.93. The molecule has 0 aliphatic heterocycles. The van der Waals surface area contributed by atoms with E-state index >= 15 is 0 Å². The van der Waals surface area contributed by atoms with Crippen molar-refractivity contribution in [2.75, 3.05) is 0 Å². The lowest BCUT2D eigenvalue weighted by atomic mass is 10.2. The molecule has 0 amide bonds. The Hall–Kier alpha value is -0.940. The van der Waals surface area contributed by atoms with E-state index in [-0.39, 0.29) is 5.75 Å². The monoisotopic (exact) mass is 253 g/mol. The van der Waals surface area contributed by atoms with Crippen LogP contribution in [-0.4, -0.2) is 18.3 Å². The maximum Gasteiger partial charge on any atom is 0.426 e. The number of hydrogen-bond donors (Lipinski definition) is 1. The third-order valence-corrected chi connectivity index (χ3v) is 2.09. The number of alkyl halides is 3. The van der Waals surface area contributed by atoms with Gasteiger partial charge in [0.15, 0.2) is 0 Å². The minimum atomic E-state index is -4.50. The van der Waals surface area contributed by atoms with Gasteiger partial charge in [-0.3, -0.25) is 0 Å². The van der Waals surface area contributed by atoms with Crippen molar-refractivity contribution in [1.29, 1.82) is 0 Å². The third kappa shape index (κ3) is 3.57. The van der Waals surface area contributed by atoms with Crippen molar-refractivity contribution in [1.82, 2.24) is 0 Å². The highest BCUT2D eigenvalue weighted by Crippen LogP contribution is 2.27. The quantitative estimate of drug-likeness (QED) is 0.899. The van der Waals surface area contributed by atoms with Gasteiger partial charge in [0.2, 0.25) is 6.10 Å². The Morgan fingerprint density at radius 2 is 2.00 bits per heavy atom. The van der Waals surface area contributed by atoms with Crippen molar-refractivity contribution in [2.24, 2.45) is 5.73 Å². The number of benzene rings is 1. The molecule has 0 saturated heterocycles. The number of hydrogen-bond acceptors (Lipinski definition) is 2. The SMILES string of the molecule is CC(N)C(Oc1cccc(Cl)c1)C(F)(F)F. The first-order valence-electron chi connectivity index (χ1n) is 4.55. The van der Waals surface area contributed by atoms with Gasteiger partial charge in [-0.2, -0.15) is 13.2 Å². The van der Waals surface area contributed by atoms with Gasteiger partial charge < -0.3 is 10.5 Å². The van der Waals surface area contributed by atoms with Crippen molar-refractivity contribution in [3.8, 4) is 5.75 Å². The summed E-state index contributed by atoms with van der Waals surface area (Å²) in [4.78, 5) is 0. The minimum absolute atomic E-state index is 0.0483. The summed E-state index contributed by atoms with van der Waals surface area (Å²) in [5.74, 6) is 0.0483. The van der Waals surface area contributed by atoms with Gasteiger partial charge in [-0.1, -0.05) is 17.7 Å². The van der Waals surface area contributed by atoms with E-state index < -0.39 is 18.3 Å². The highest BCUT2D eigenvalue weighted by atomic mass is 35.5. The first-order chi connectivity index (χ1) is 7.30. The van der Waals surface area contributed by atoms with Crippen molar-refractivity contribution in [3.05, 3.63) is 29.3 Å². The predicted molar refractivity (Wildman–Crippen MR) is 55.6 cm³/mol. The average Bonchev–Trinajstić information content (AvgIpc) is 2.12. The second-order valence-electron chi connectivity index (χ2n) is 3.40. The summed E-state index contributed by atoms with van der Waals surface area (Å²) in [5.41, 5.74) is 5.23. The highest BCUT2D eigenvalue weighted by Gasteiger charge is 2.44. The van der Waals surface area contributed by atoms with Gasteiger partial charge >= 0.3 is 6.18 Å². The van der Waals surface area contributed by atoms with E-state index in [4.69, 9.17) is 22.1 Å². The Labute approximate surface area is 96.1 Å². The van der Waals surface area contributed by atoms with Crippen LogP contribution in [0, 0.1) is 0 Å². The van der Waals surface area contributed by atoms with Crippen LogP contribution in [0.15, 0.2) is 24.3 Å². The molecule has 2 nitrogen and oxygen atoms in total. The van der Waals surface area contributed by atoms with Gasteiger partial charge in [-0.05, 0) is 25.1 Å². The molecule has 2 atom stereocenters. The molecule has 0 aromatic heterocycles. The summed E-state index contributed by atoms with van der Waals surface area (Å²) >= 11 is 5.63. The first kappa shape index (κ1) is 13.1. The van der Waals surface area contributed by atoms with E-state index in [1.165, 1.54) is 25.1 Å². The lowest BCUT2D eigenvalue weighted by molar-refractivity contribution is -0.199. The molecule has 16 heavy (non-hydrogen) atoms. The number of halogens is 4. The molecule has 0 fully saturated rings. The largest absolute Gasteiger partial charge is 0.479 e. The summed E-state index contributed by atoms with van der Waals surface area (Å²) in [6.45, 7) is 1.24. The van der Waals surface area contributed by atoms with Crippen LogP contribution in [0.3, 0.4) is 0 Å². The topological polar surface area (TPSA) is 35.2 Å². The molecule has 0 heterocycles. The van der Waals surface area contributed by atoms with Gasteiger partial charge in [0.05, 0.1) is 0 Å². The molecule has 0 saturated carbocycles. The maximum absolute atomic E-state index is 12.5. The number of rotatable bonds is 3. The molecule has 1 aromatic rings. The van der Waals surface area contributed by atoms with Crippen molar-refractivity contribution in [2.45, 2.75) is 25.2 Å². The van der Waals surface area contributed by atoms with Crippen LogP contribution in [0.4, 0.5) is 13.2 Å². The molecule has 90 valence electrons. The van der Waals surface area contributed by atoms with Crippen LogP contribution in [0.5, 0.6) is 5.75 Å². The number of nitrogens with two attached hydrogens (primary N) is 1. The van der Waals surface area contributed by atoms with E-state index in [2.05, 4.69) is 0 Å². The van der Waals surface area contributed by atoms with Gasteiger partial charge in [-0.15, -0.1) is 0 Å². The standard InChI is InChI=1S/C10H11ClF3NO/c1-6(15)9(10(12,13)14)16-8-4-2-3-7(11)5-8/h2-6,9H,15H2,1H3. The summed E-state index contributed by atoms with van der Waals surface area (Å²) in [7, 11) is 0. The fourth-order valence-electron chi connectivity index (χ4n) is 1.16. The molecule has 0 aliphatic carbocycles. The molecule has 0 spiro atoms. The van der Waals surface area contributed by atoms with Crippen molar-refractivity contribution >= 4 is 11.6 Å². The fourth-order valence-corrected chi connectivity index (χ4v) is 1.34. The van der Waals surface area contributed by atoms with Gasteiger partial charge in [0.1, 0.15) is 5.75 Å². The average molecular weight is 254 g/mol. The fraction of sp³-hybridized carbons (Fsp3) is 0.400. The molecule has 2 unspecified atom stereocenters. The van der Waals surface area contributed by atoms with Gasteiger partial charge in [0.25, 0.3) is 0 Å². The van der Waals surface area contributed by atoms with E-state index in [1.54, 1.807) is 6.07 Å². The maximum atomic E-state index is 12.5. The molecule has 1 rings (SSSR count). The second-order valence-corrected chi connectivity index (χ2v) is 3.83. The van der Waals surface area contributed by atoms with E-state index in [1.807, 2.05) is 0 Å². The summed E-state index contributed by atoms with van der Waals surface area (Å²) in [6, 6.07) is 4.60. The lowest BCUT2D eigenvalue weighted by Gasteiger charge is -2.24. The Balaban J connectivity index is 2.84. The Bertz CT molecular complexity index is 354. The molecular weight excluding hydrogens is 243 g/mol. The summed E-state index contributed by atoms with van der Waals surface area (Å²) in [6.07, 6.45) is -6.54. The lowest BCUT2D eigenvalue weighted by Crippen LogP contribution is -2.47. The Kier molecular flexibility index (Phi) is 4.04. The molecule has 0 bridgehead atoms. The van der Waals surface area contributed by atoms with Crippen molar-refractivity contribution < 1.29 is 17.9 Å². The van der Waals surface area contributed by atoms with E-state index in [9.17, 15) is 13.2 Å². The molecule has 2 N–H and O–H groups in total. The van der Waals surface area contributed by atoms with Crippen LogP contribution in [-0.2, 0) is 0 Å². The van der Waals surface area contributed by atoms with Crippen molar-refractivity contribution in [3.63, 3.8) is 0 Å². The van der Waals surface area contributed by atoms with Gasteiger partial charge in [-0.25, -0.2) is 0 Å². The molecular formula is C10H11ClF3NO.